The number of rotatable bonds is 5. The topological polar surface area (TPSA) is 73.1 Å². The van der Waals surface area contributed by atoms with E-state index in [4.69, 9.17) is 15.5 Å². The number of aryl methyl sites for hydroxylation is 2. The van der Waals surface area contributed by atoms with Crippen molar-refractivity contribution < 1.29 is 4.74 Å². The Bertz CT molecular complexity index is 825. The second-order valence-corrected chi connectivity index (χ2v) is 7.16. The predicted molar refractivity (Wildman–Crippen MR) is 98.0 cm³/mol. The van der Waals surface area contributed by atoms with E-state index in [1.807, 2.05) is 24.3 Å². The maximum Gasteiger partial charge on any atom is 0.188 e. The summed E-state index contributed by atoms with van der Waals surface area (Å²) in [5.74, 6) is 0.790. The lowest BCUT2D eigenvalue weighted by molar-refractivity contribution is 0.417. The summed E-state index contributed by atoms with van der Waals surface area (Å²) < 4.78 is 5.37. The Morgan fingerprint density at radius 1 is 1.22 bits per heavy atom. The number of nitrogens with one attached hydrogen (secondary N) is 1. The lowest BCUT2D eigenvalue weighted by atomic mass is 10.2. The number of thiazole rings is 2. The smallest absolute Gasteiger partial charge is 0.188 e. The number of para-hydroxylation sites is 2. The van der Waals surface area contributed by atoms with Crippen molar-refractivity contribution in [3.05, 3.63) is 34.8 Å². The van der Waals surface area contributed by atoms with Crippen LogP contribution in [0.3, 0.4) is 0 Å². The Morgan fingerprint density at radius 3 is 2.74 bits per heavy atom. The SMILES string of the molecule is CCc1nc(N)sc1-c1nc(Nc2ccccc2OC)sc1C. The van der Waals surface area contributed by atoms with Crippen molar-refractivity contribution in [3.8, 4) is 16.3 Å². The second-order valence-electron chi connectivity index (χ2n) is 4.93. The average Bonchev–Trinajstić information content (AvgIpc) is 3.10. The summed E-state index contributed by atoms with van der Waals surface area (Å²) in [7, 11) is 1.66. The fourth-order valence-electron chi connectivity index (χ4n) is 2.32. The second kappa shape index (κ2) is 6.55. The number of benzene rings is 1. The van der Waals surface area contributed by atoms with Gasteiger partial charge in [0.05, 0.1) is 29.1 Å². The van der Waals surface area contributed by atoms with Crippen molar-refractivity contribution >= 4 is 38.6 Å². The predicted octanol–water partition coefficient (Wildman–Crippen LogP) is 4.47. The minimum atomic E-state index is 0.587. The van der Waals surface area contributed by atoms with Gasteiger partial charge < -0.3 is 15.8 Å². The molecule has 3 rings (SSSR count). The van der Waals surface area contributed by atoms with Crippen LogP contribution < -0.4 is 15.8 Å². The standard InChI is InChI=1S/C16H18N4OS2/c1-4-10-14(23-15(17)18-10)13-9(2)22-16(20-13)19-11-7-5-6-8-12(11)21-3/h5-8H,4H2,1-3H3,(H2,17,18)(H,19,20). The zero-order chi connectivity index (χ0) is 16.4. The first-order valence-electron chi connectivity index (χ1n) is 7.25. The third kappa shape index (κ3) is 3.16. The summed E-state index contributed by atoms with van der Waals surface area (Å²) in [6, 6.07) is 7.79. The van der Waals surface area contributed by atoms with Crippen molar-refractivity contribution in [1.29, 1.82) is 0 Å². The first-order valence-corrected chi connectivity index (χ1v) is 8.88. The van der Waals surface area contributed by atoms with Gasteiger partial charge in [-0.05, 0) is 25.5 Å². The van der Waals surface area contributed by atoms with Gasteiger partial charge in [0.1, 0.15) is 5.75 Å². The van der Waals surface area contributed by atoms with Gasteiger partial charge in [0, 0.05) is 4.88 Å². The van der Waals surface area contributed by atoms with Gasteiger partial charge in [0.2, 0.25) is 0 Å². The molecule has 3 N–H and O–H groups in total. The lowest BCUT2D eigenvalue weighted by Crippen LogP contribution is -1.94. The molecule has 3 aromatic rings. The monoisotopic (exact) mass is 346 g/mol. The van der Waals surface area contributed by atoms with Gasteiger partial charge >= 0.3 is 0 Å². The normalized spacial score (nSPS) is 10.7. The van der Waals surface area contributed by atoms with Crippen LogP contribution in [0, 0.1) is 6.92 Å². The van der Waals surface area contributed by atoms with E-state index in [0.29, 0.717) is 5.13 Å². The Balaban J connectivity index is 1.95. The molecule has 0 atom stereocenters. The third-order valence-electron chi connectivity index (χ3n) is 3.41. The molecule has 1 aromatic carbocycles. The van der Waals surface area contributed by atoms with E-state index in [1.54, 1.807) is 18.4 Å². The van der Waals surface area contributed by atoms with Gasteiger partial charge in [-0.25, -0.2) is 9.97 Å². The molecule has 7 heteroatoms. The molecule has 0 fully saturated rings. The molecule has 0 amide bonds. The molecular weight excluding hydrogens is 328 g/mol. The highest BCUT2D eigenvalue weighted by molar-refractivity contribution is 7.20. The molecule has 0 saturated heterocycles. The Kier molecular flexibility index (Phi) is 4.49. The minimum Gasteiger partial charge on any atom is -0.495 e. The number of anilines is 3. The maximum absolute atomic E-state index is 5.86. The molecule has 0 unspecified atom stereocenters. The molecule has 0 aliphatic heterocycles. The van der Waals surface area contributed by atoms with Crippen molar-refractivity contribution in [3.63, 3.8) is 0 Å². The number of nitrogen functional groups attached to an aromatic ring is 1. The zero-order valence-electron chi connectivity index (χ0n) is 13.2. The van der Waals surface area contributed by atoms with Crippen molar-refractivity contribution in [2.75, 3.05) is 18.2 Å². The van der Waals surface area contributed by atoms with E-state index in [9.17, 15) is 0 Å². The van der Waals surface area contributed by atoms with E-state index in [1.165, 1.54) is 11.3 Å². The van der Waals surface area contributed by atoms with Gasteiger partial charge in [-0.3, -0.25) is 0 Å². The molecular formula is C16H18N4OS2. The van der Waals surface area contributed by atoms with E-state index in [-0.39, 0.29) is 0 Å². The van der Waals surface area contributed by atoms with E-state index in [0.717, 1.165) is 44.1 Å². The fraction of sp³-hybridized carbons (Fsp3) is 0.250. The molecule has 120 valence electrons. The molecule has 0 spiro atoms. The van der Waals surface area contributed by atoms with Crippen LogP contribution in [-0.4, -0.2) is 17.1 Å². The van der Waals surface area contributed by atoms with E-state index >= 15 is 0 Å². The number of ether oxygens (including phenoxy) is 1. The summed E-state index contributed by atoms with van der Waals surface area (Å²) in [5.41, 5.74) is 8.72. The lowest BCUT2D eigenvalue weighted by Gasteiger charge is -2.07. The maximum atomic E-state index is 5.86. The fourth-order valence-corrected chi connectivity index (χ4v) is 4.18. The number of hydrogen-bond donors (Lipinski definition) is 2. The highest BCUT2D eigenvalue weighted by Gasteiger charge is 2.17. The van der Waals surface area contributed by atoms with Crippen molar-refractivity contribution in [2.45, 2.75) is 20.3 Å². The summed E-state index contributed by atoms with van der Waals surface area (Å²) in [5, 5.41) is 4.75. The van der Waals surface area contributed by atoms with Crippen molar-refractivity contribution in [1.82, 2.24) is 9.97 Å². The quantitative estimate of drug-likeness (QED) is 0.713. The van der Waals surface area contributed by atoms with E-state index in [2.05, 4.69) is 24.1 Å². The van der Waals surface area contributed by atoms with Gasteiger partial charge in [-0.1, -0.05) is 30.4 Å². The Morgan fingerprint density at radius 2 is 2.00 bits per heavy atom. The number of nitrogens with zero attached hydrogens (tertiary/aromatic N) is 2. The Labute approximate surface area is 143 Å². The molecule has 0 aliphatic carbocycles. The van der Waals surface area contributed by atoms with Crippen LogP contribution in [0.2, 0.25) is 0 Å². The van der Waals surface area contributed by atoms with E-state index < -0.39 is 0 Å². The van der Waals surface area contributed by atoms with Crippen LogP contribution in [0.15, 0.2) is 24.3 Å². The van der Waals surface area contributed by atoms with Gasteiger partial charge in [0.15, 0.2) is 10.3 Å². The van der Waals surface area contributed by atoms with Crippen LogP contribution in [0.5, 0.6) is 5.75 Å². The Hall–Kier alpha value is -2.12. The molecule has 2 heterocycles. The first kappa shape index (κ1) is 15.8. The van der Waals surface area contributed by atoms with Crippen molar-refractivity contribution in [2.24, 2.45) is 0 Å². The minimum absolute atomic E-state index is 0.587. The van der Waals surface area contributed by atoms with Crippen LogP contribution in [0.25, 0.3) is 10.6 Å². The molecule has 5 nitrogen and oxygen atoms in total. The number of aromatic nitrogens is 2. The van der Waals surface area contributed by atoms with Gasteiger partial charge in [0.25, 0.3) is 0 Å². The van der Waals surface area contributed by atoms with Crippen LogP contribution in [0.1, 0.15) is 17.5 Å². The summed E-state index contributed by atoms with van der Waals surface area (Å²) in [6.07, 6.45) is 0.843. The highest BCUT2D eigenvalue weighted by Crippen LogP contribution is 2.38. The van der Waals surface area contributed by atoms with Crippen LogP contribution in [-0.2, 0) is 6.42 Å². The van der Waals surface area contributed by atoms with Crippen LogP contribution >= 0.6 is 22.7 Å². The molecule has 0 saturated carbocycles. The molecule has 23 heavy (non-hydrogen) atoms. The van der Waals surface area contributed by atoms with Crippen LogP contribution in [0.4, 0.5) is 16.0 Å². The summed E-state index contributed by atoms with van der Waals surface area (Å²) >= 11 is 3.10. The number of nitrogens with two attached hydrogens (primary N) is 1. The molecule has 0 bridgehead atoms. The number of methoxy groups -OCH3 is 1. The molecule has 0 aliphatic rings. The molecule has 2 aromatic heterocycles. The van der Waals surface area contributed by atoms with Gasteiger partial charge in [-0.2, -0.15) is 0 Å². The summed E-state index contributed by atoms with van der Waals surface area (Å²) in [6.45, 7) is 4.14. The number of hydrogen-bond acceptors (Lipinski definition) is 7. The largest absolute Gasteiger partial charge is 0.495 e. The first-order chi connectivity index (χ1) is 11.1. The zero-order valence-corrected chi connectivity index (χ0v) is 14.8. The molecule has 0 radical (unpaired) electrons. The summed E-state index contributed by atoms with van der Waals surface area (Å²) in [4.78, 5) is 11.3. The highest BCUT2D eigenvalue weighted by atomic mass is 32.1. The average molecular weight is 346 g/mol. The van der Waals surface area contributed by atoms with Gasteiger partial charge in [-0.15, -0.1) is 11.3 Å². The third-order valence-corrected chi connectivity index (χ3v) is 5.23.